The van der Waals surface area contributed by atoms with Crippen molar-refractivity contribution in [3.05, 3.63) is 54.1 Å². The Kier molecular flexibility index (Phi) is 6.95. The SMILES string of the molecule is CC(C)C(NS(=O)(=O)c1ccc2c(c1)OCCCO2)C(=O)NCC1(c2ccccc2)CCC1. The summed E-state index contributed by atoms with van der Waals surface area (Å²) in [6.07, 6.45) is 3.86. The third-order valence-corrected chi connectivity index (χ3v) is 8.00. The number of hydrogen-bond donors (Lipinski definition) is 2. The number of carbonyl (C=O) groups is 1. The zero-order valence-electron chi connectivity index (χ0n) is 19.2. The minimum atomic E-state index is -3.94. The Bertz CT molecular complexity index is 1080. The van der Waals surface area contributed by atoms with E-state index < -0.39 is 16.1 Å². The lowest BCUT2D eigenvalue weighted by Gasteiger charge is -2.43. The number of nitrogens with one attached hydrogen (secondary N) is 2. The second-order valence-electron chi connectivity index (χ2n) is 9.22. The van der Waals surface area contributed by atoms with Gasteiger partial charge < -0.3 is 14.8 Å². The van der Waals surface area contributed by atoms with Crippen molar-refractivity contribution in [1.82, 2.24) is 10.0 Å². The molecule has 7 nitrogen and oxygen atoms in total. The van der Waals surface area contributed by atoms with Gasteiger partial charge in [0.2, 0.25) is 15.9 Å². The lowest BCUT2D eigenvalue weighted by atomic mass is 9.64. The van der Waals surface area contributed by atoms with Crippen LogP contribution in [0, 0.1) is 5.92 Å². The number of carbonyl (C=O) groups excluding carboxylic acids is 1. The van der Waals surface area contributed by atoms with E-state index in [4.69, 9.17) is 9.47 Å². The van der Waals surface area contributed by atoms with Gasteiger partial charge in [0.15, 0.2) is 11.5 Å². The van der Waals surface area contributed by atoms with Crippen LogP contribution in [0.5, 0.6) is 11.5 Å². The maximum atomic E-state index is 13.1. The standard InChI is InChI=1S/C25H32N2O5S/c1-18(2)23(24(28)26-17-25(12-6-13-25)19-8-4-3-5-9-19)27-33(29,30)20-10-11-21-22(16-20)32-15-7-14-31-21/h3-5,8-11,16,18,23,27H,6-7,12-15,17H2,1-2H3,(H,26,28). The molecule has 1 saturated carbocycles. The van der Waals surface area contributed by atoms with Gasteiger partial charge in [-0.25, -0.2) is 8.42 Å². The Morgan fingerprint density at radius 2 is 1.70 bits per heavy atom. The van der Waals surface area contributed by atoms with Crippen LogP contribution in [0.3, 0.4) is 0 Å². The van der Waals surface area contributed by atoms with Gasteiger partial charge in [0.25, 0.3) is 0 Å². The maximum absolute atomic E-state index is 13.1. The van der Waals surface area contributed by atoms with Gasteiger partial charge in [-0.2, -0.15) is 4.72 Å². The molecule has 1 atom stereocenters. The third-order valence-electron chi connectivity index (χ3n) is 6.56. The van der Waals surface area contributed by atoms with Crippen molar-refractivity contribution >= 4 is 15.9 Å². The number of ether oxygens (including phenoxy) is 2. The molecule has 1 aliphatic heterocycles. The molecule has 1 unspecified atom stereocenters. The van der Waals surface area contributed by atoms with Crippen molar-refractivity contribution in [2.75, 3.05) is 19.8 Å². The number of hydrogen-bond acceptors (Lipinski definition) is 5. The van der Waals surface area contributed by atoms with Gasteiger partial charge in [0.05, 0.1) is 18.1 Å². The number of rotatable bonds is 8. The molecule has 0 aromatic heterocycles. The molecule has 1 heterocycles. The highest BCUT2D eigenvalue weighted by Gasteiger charge is 2.39. The number of benzene rings is 2. The molecule has 4 rings (SSSR count). The van der Waals surface area contributed by atoms with Crippen LogP contribution in [0.15, 0.2) is 53.4 Å². The van der Waals surface area contributed by atoms with Gasteiger partial charge in [-0.1, -0.05) is 50.6 Å². The predicted octanol–water partition coefficient (Wildman–Crippen LogP) is 3.39. The van der Waals surface area contributed by atoms with Crippen molar-refractivity contribution in [2.24, 2.45) is 5.92 Å². The number of sulfonamides is 1. The van der Waals surface area contributed by atoms with Crippen molar-refractivity contribution in [3.63, 3.8) is 0 Å². The van der Waals surface area contributed by atoms with E-state index >= 15 is 0 Å². The Morgan fingerprint density at radius 1 is 1.00 bits per heavy atom. The third kappa shape index (κ3) is 5.17. The average molecular weight is 473 g/mol. The Labute approximate surface area is 195 Å². The molecule has 2 N–H and O–H groups in total. The molecular formula is C25H32N2O5S. The topological polar surface area (TPSA) is 93.7 Å². The largest absolute Gasteiger partial charge is 0.490 e. The summed E-state index contributed by atoms with van der Waals surface area (Å²) in [5, 5.41) is 3.03. The van der Waals surface area contributed by atoms with Crippen LogP contribution in [-0.4, -0.2) is 40.1 Å². The molecular weight excluding hydrogens is 440 g/mol. The molecule has 0 bridgehead atoms. The fourth-order valence-corrected chi connectivity index (χ4v) is 5.73. The molecule has 2 aromatic rings. The van der Waals surface area contributed by atoms with Crippen LogP contribution >= 0.6 is 0 Å². The summed E-state index contributed by atoms with van der Waals surface area (Å²) in [5.41, 5.74) is 1.14. The Morgan fingerprint density at radius 3 is 2.33 bits per heavy atom. The summed E-state index contributed by atoms with van der Waals surface area (Å²) in [4.78, 5) is 13.2. The van der Waals surface area contributed by atoms with Gasteiger partial charge in [-0.15, -0.1) is 0 Å². The first kappa shape index (κ1) is 23.6. The Balaban J connectivity index is 1.47. The van der Waals surface area contributed by atoms with Gasteiger partial charge in [-0.05, 0) is 36.5 Å². The van der Waals surface area contributed by atoms with E-state index in [0.29, 0.717) is 31.3 Å². The minimum absolute atomic E-state index is 0.0462. The first-order chi connectivity index (χ1) is 15.8. The molecule has 2 aliphatic rings. The van der Waals surface area contributed by atoms with E-state index in [2.05, 4.69) is 22.2 Å². The van der Waals surface area contributed by atoms with E-state index in [-0.39, 0.29) is 22.1 Å². The van der Waals surface area contributed by atoms with E-state index in [1.54, 1.807) is 6.07 Å². The molecule has 0 saturated heterocycles. The first-order valence-electron chi connectivity index (χ1n) is 11.6. The van der Waals surface area contributed by atoms with E-state index in [0.717, 1.165) is 25.7 Å². The van der Waals surface area contributed by atoms with Gasteiger partial charge in [0.1, 0.15) is 6.04 Å². The van der Waals surface area contributed by atoms with Gasteiger partial charge >= 0.3 is 0 Å². The van der Waals surface area contributed by atoms with Crippen molar-refractivity contribution in [2.45, 2.75) is 55.9 Å². The van der Waals surface area contributed by atoms with Crippen LogP contribution in [0.4, 0.5) is 0 Å². The molecule has 1 amide bonds. The molecule has 2 aromatic carbocycles. The summed E-state index contributed by atoms with van der Waals surface area (Å²) >= 11 is 0. The predicted molar refractivity (Wildman–Crippen MR) is 126 cm³/mol. The van der Waals surface area contributed by atoms with Gasteiger partial charge in [-0.3, -0.25) is 4.79 Å². The lowest BCUT2D eigenvalue weighted by Crippen LogP contribution is -2.53. The van der Waals surface area contributed by atoms with Crippen molar-refractivity contribution in [1.29, 1.82) is 0 Å². The fourth-order valence-electron chi connectivity index (χ4n) is 4.37. The molecule has 1 fully saturated rings. The quantitative estimate of drug-likeness (QED) is 0.614. The second-order valence-corrected chi connectivity index (χ2v) is 10.9. The van der Waals surface area contributed by atoms with Crippen molar-refractivity contribution in [3.8, 4) is 11.5 Å². The van der Waals surface area contributed by atoms with E-state index in [1.165, 1.54) is 17.7 Å². The van der Waals surface area contributed by atoms with E-state index in [1.807, 2.05) is 32.0 Å². The smallest absolute Gasteiger partial charge is 0.241 e. The zero-order valence-corrected chi connectivity index (χ0v) is 20.0. The summed E-state index contributed by atoms with van der Waals surface area (Å²) < 4.78 is 40.1. The summed E-state index contributed by atoms with van der Waals surface area (Å²) in [6.45, 7) is 5.14. The Hall–Kier alpha value is -2.58. The highest BCUT2D eigenvalue weighted by Crippen LogP contribution is 2.43. The molecule has 0 radical (unpaired) electrons. The summed E-state index contributed by atoms with van der Waals surface area (Å²) in [7, 11) is -3.94. The molecule has 0 spiro atoms. The first-order valence-corrected chi connectivity index (χ1v) is 13.0. The highest BCUT2D eigenvalue weighted by atomic mass is 32.2. The van der Waals surface area contributed by atoms with Crippen molar-refractivity contribution < 1.29 is 22.7 Å². The number of fused-ring (bicyclic) bond motifs is 1. The molecule has 33 heavy (non-hydrogen) atoms. The average Bonchev–Trinajstić information content (AvgIpc) is 3.02. The highest BCUT2D eigenvalue weighted by molar-refractivity contribution is 7.89. The van der Waals surface area contributed by atoms with Crippen LogP contribution < -0.4 is 19.5 Å². The normalized spacial score (nSPS) is 18.2. The van der Waals surface area contributed by atoms with Crippen LogP contribution in [0.2, 0.25) is 0 Å². The number of amides is 1. The lowest BCUT2D eigenvalue weighted by molar-refractivity contribution is -0.124. The summed E-state index contributed by atoms with van der Waals surface area (Å²) in [6, 6.07) is 13.8. The molecule has 178 valence electrons. The molecule has 8 heteroatoms. The minimum Gasteiger partial charge on any atom is -0.490 e. The second kappa shape index (κ2) is 9.73. The van der Waals surface area contributed by atoms with Crippen LogP contribution in [0.25, 0.3) is 0 Å². The molecule has 1 aliphatic carbocycles. The van der Waals surface area contributed by atoms with E-state index in [9.17, 15) is 13.2 Å². The monoisotopic (exact) mass is 472 g/mol. The zero-order chi connectivity index (χ0) is 23.5. The summed E-state index contributed by atoms with van der Waals surface area (Å²) in [5.74, 6) is 0.381. The fraction of sp³-hybridized carbons (Fsp3) is 0.480. The van der Waals surface area contributed by atoms with Crippen LogP contribution in [0.1, 0.15) is 45.1 Å². The van der Waals surface area contributed by atoms with Gasteiger partial charge in [0, 0.05) is 24.4 Å². The maximum Gasteiger partial charge on any atom is 0.241 e. The van der Waals surface area contributed by atoms with Crippen LogP contribution in [-0.2, 0) is 20.2 Å².